The van der Waals surface area contributed by atoms with Crippen LogP contribution in [0.15, 0.2) is 36.7 Å². The average Bonchev–Trinajstić information content (AvgIpc) is 3.07. The molecule has 0 aliphatic carbocycles. The highest BCUT2D eigenvalue weighted by Crippen LogP contribution is 2.23. The Labute approximate surface area is 181 Å². The van der Waals surface area contributed by atoms with Crippen LogP contribution in [0.25, 0.3) is 11.4 Å². The molecule has 0 unspecified atom stereocenters. The maximum Gasteiger partial charge on any atom is 0.253 e. The first kappa shape index (κ1) is 22.4. The van der Waals surface area contributed by atoms with Gasteiger partial charge in [0.25, 0.3) is 5.91 Å². The molecular weight excluding hydrogens is 397 g/mol. The van der Waals surface area contributed by atoms with E-state index >= 15 is 0 Å². The minimum absolute atomic E-state index is 0.0616. The van der Waals surface area contributed by atoms with Gasteiger partial charge in [-0.3, -0.25) is 4.79 Å². The van der Waals surface area contributed by atoms with Gasteiger partial charge >= 0.3 is 0 Å². The summed E-state index contributed by atoms with van der Waals surface area (Å²) in [6.45, 7) is 3.42. The van der Waals surface area contributed by atoms with Crippen molar-refractivity contribution in [2.24, 2.45) is 7.05 Å². The first-order valence-corrected chi connectivity index (χ1v) is 10.0. The van der Waals surface area contributed by atoms with Crippen LogP contribution in [0.2, 0.25) is 0 Å². The molecule has 9 heteroatoms. The summed E-state index contributed by atoms with van der Waals surface area (Å²) in [6.07, 6.45) is 3.60. The topological polar surface area (TPSA) is 79.2 Å². The number of imidazole rings is 1. The molecular formula is C22H28FN7O. The predicted molar refractivity (Wildman–Crippen MR) is 119 cm³/mol. The van der Waals surface area contributed by atoms with Crippen LogP contribution in [0.4, 0.5) is 16.0 Å². The smallest absolute Gasteiger partial charge is 0.253 e. The standard InChI is InChI=1S/C22H28FN7O/c1-15-24-14-19(30(15)5)20-18(23)13-25-22(27-20)26-17-9-6-8-16(12-17)21(31)29(4)11-7-10-28(2)3/h6,8-9,12-14H,7,10-11H2,1-5H3,(H,25,26,27). The zero-order chi connectivity index (χ0) is 22.5. The monoisotopic (exact) mass is 425 g/mol. The summed E-state index contributed by atoms with van der Waals surface area (Å²) in [6, 6.07) is 7.11. The predicted octanol–water partition coefficient (Wildman–Crippen LogP) is 3.09. The Kier molecular flexibility index (Phi) is 6.96. The van der Waals surface area contributed by atoms with E-state index in [9.17, 15) is 9.18 Å². The van der Waals surface area contributed by atoms with Crippen LogP contribution < -0.4 is 5.32 Å². The van der Waals surface area contributed by atoms with Crippen molar-refractivity contribution < 1.29 is 9.18 Å². The van der Waals surface area contributed by atoms with Crippen molar-refractivity contribution in [2.75, 3.05) is 39.5 Å². The molecule has 164 valence electrons. The molecule has 3 aromatic rings. The van der Waals surface area contributed by atoms with E-state index < -0.39 is 5.82 Å². The lowest BCUT2D eigenvalue weighted by molar-refractivity contribution is 0.0790. The molecule has 1 amide bonds. The van der Waals surface area contributed by atoms with E-state index in [1.54, 1.807) is 48.0 Å². The van der Waals surface area contributed by atoms with Gasteiger partial charge in [0, 0.05) is 31.9 Å². The van der Waals surface area contributed by atoms with Crippen molar-refractivity contribution in [1.29, 1.82) is 0 Å². The molecule has 0 aliphatic rings. The Balaban J connectivity index is 1.76. The molecule has 0 radical (unpaired) electrons. The number of aromatic nitrogens is 4. The van der Waals surface area contributed by atoms with Gasteiger partial charge < -0.3 is 19.7 Å². The van der Waals surface area contributed by atoms with Gasteiger partial charge in [-0.05, 0) is 52.2 Å². The van der Waals surface area contributed by atoms with Gasteiger partial charge in [0.1, 0.15) is 11.5 Å². The Morgan fingerprint density at radius 1 is 1.16 bits per heavy atom. The minimum Gasteiger partial charge on any atom is -0.342 e. The number of aryl methyl sites for hydroxylation is 1. The van der Waals surface area contributed by atoms with Gasteiger partial charge in [-0.1, -0.05) is 6.07 Å². The minimum atomic E-state index is -0.531. The van der Waals surface area contributed by atoms with E-state index in [1.807, 2.05) is 27.1 Å². The number of hydrogen-bond acceptors (Lipinski definition) is 6. The Hall–Kier alpha value is -3.33. The fourth-order valence-corrected chi connectivity index (χ4v) is 3.13. The number of anilines is 2. The van der Waals surface area contributed by atoms with Crippen LogP contribution in [-0.4, -0.2) is 69.5 Å². The molecule has 8 nitrogen and oxygen atoms in total. The van der Waals surface area contributed by atoms with Gasteiger partial charge in [-0.15, -0.1) is 0 Å². The number of halogens is 1. The number of rotatable bonds is 8. The van der Waals surface area contributed by atoms with Gasteiger partial charge in [-0.25, -0.2) is 19.3 Å². The third kappa shape index (κ3) is 5.43. The second kappa shape index (κ2) is 9.65. The van der Waals surface area contributed by atoms with Gasteiger partial charge in [0.15, 0.2) is 5.82 Å². The van der Waals surface area contributed by atoms with E-state index in [2.05, 4.69) is 25.2 Å². The van der Waals surface area contributed by atoms with E-state index in [0.29, 0.717) is 23.5 Å². The number of hydrogen-bond donors (Lipinski definition) is 1. The number of nitrogens with zero attached hydrogens (tertiary/aromatic N) is 6. The van der Waals surface area contributed by atoms with Gasteiger partial charge in [-0.2, -0.15) is 0 Å². The van der Waals surface area contributed by atoms with Crippen molar-refractivity contribution in [3.05, 3.63) is 53.9 Å². The highest BCUT2D eigenvalue weighted by molar-refractivity contribution is 5.95. The molecule has 0 saturated heterocycles. The summed E-state index contributed by atoms with van der Waals surface area (Å²) in [7, 11) is 7.62. The second-order valence-electron chi connectivity index (χ2n) is 7.73. The summed E-state index contributed by atoms with van der Waals surface area (Å²) in [5.74, 6) is 0.396. The van der Waals surface area contributed by atoms with Crippen molar-refractivity contribution in [2.45, 2.75) is 13.3 Å². The quantitative estimate of drug-likeness (QED) is 0.598. The van der Waals surface area contributed by atoms with Gasteiger partial charge in [0.05, 0.1) is 18.1 Å². The zero-order valence-corrected chi connectivity index (χ0v) is 18.6. The maximum absolute atomic E-state index is 14.3. The molecule has 2 heterocycles. The number of carbonyl (C=O) groups excluding carboxylic acids is 1. The summed E-state index contributed by atoms with van der Waals surface area (Å²) < 4.78 is 16.1. The largest absolute Gasteiger partial charge is 0.342 e. The van der Waals surface area contributed by atoms with Crippen LogP contribution in [0.3, 0.4) is 0 Å². The van der Waals surface area contributed by atoms with Crippen LogP contribution >= 0.6 is 0 Å². The Morgan fingerprint density at radius 3 is 2.61 bits per heavy atom. The molecule has 0 spiro atoms. The molecule has 1 aromatic carbocycles. The molecule has 0 bridgehead atoms. The molecule has 3 rings (SSSR count). The normalized spacial score (nSPS) is 11.1. The van der Waals surface area contributed by atoms with E-state index in [0.717, 1.165) is 25.0 Å². The zero-order valence-electron chi connectivity index (χ0n) is 18.6. The first-order valence-electron chi connectivity index (χ1n) is 10.0. The number of benzene rings is 1. The third-order valence-corrected chi connectivity index (χ3v) is 5.02. The van der Waals surface area contributed by atoms with Crippen LogP contribution in [0.1, 0.15) is 22.6 Å². The van der Waals surface area contributed by atoms with Crippen LogP contribution in [0.5, 0.6) is 0 Å². The van der Waals surface area contributed by atoms with Crippen molar-refractivity contribution in [3.8, 4) is 11.4 Å². The van der Waals surface area contributed by atoms with Crippen molar-refractivity contribution in [1.82, 2.24) is 29.3 Å². The van der Waals surface area contributed by atoms with Crippen molar-refractivity contribution >= 4 is 17.5 Å². The lowest BCUT2D eigenvalue weighted by Gasteiger charge is -2.19. The number of amides is 1. The summed E-state index contributed by atoms with van der Waals surface area (Å²) in [5, 5.41) is 3.06. The molecule has 0 aliphatic heterocycles. The third-order valence-electron chi connectivity index (χ3n) is 5.02. The van der Waals surface area contributed by atoms with Crippen LogP contribution in [0, 0.1) is 12.7 Å². The SMILES string of the molecule is Cc1ncc(-c2nc(Nc3cccc(C(=O)N(C)CCCN(C)C)c3)ncc2F)n1C. The molecule has 1 N–H and O–H groups in total. The highest BCUT2D eigenvalue weighted by Gasteiger charge is 2.15. The number of carbonyl (C=O) groups is 1. The lowest BCUT2D eigenvalue weighted by Crippen LogP contribution is -2.29. The van der Waals surface area contributed by atoms with Crippen LogP contribution in [-0.2, 0) is 7.05 Å². The maximum atomic E-state index is 14.3. The Bertz CT molecular complexity index is 1060. The highest BCUT2D eigenvalue weighted by atomic mass is 19.1. The lowest BCUT2D eigenvalue weighted by atomic mass is 10.1. The fraction of sp³-hybridized carbons (Fsp3) is 0.364. The number of nitrogens with one attached hydrogen (secondary N) is 1. The second-order valence-corrected chi connectivity index (χ2v) is 7.73. The summed E-state index contributed by atoms with van der Waals surface area (Å²) in [4.78, 5) is 29.1. The molecule has 0 saturated carbocycles. The molecule has 2 aromatic heterocycles. The van der Waals surface area contributed by atoms with E-state index in [1.165, 1.54) is 0 Å². The average molecular weight is 426 g/mol. The van der Waals surface area contributed by atoms with Gasteiger partial charge in [0.2, 0.25) is 5.95 Å². The van der Waals surface area contributed by atoms with E-state index in [-0.39, 0.29) is 17.5 Å². The fourth-order valence-electron chi connectivity index (χ4n) is 3.13. The molecule has 0 fully saturated rings. The molecule has 31 heavy (non-hydrogen) atoms. The van der Waals surface area contributed by atoms with Crippen molar-refractivity contribution in [3.63, 3.8) is 0 Å². The first-order chi connectivity index (χ1) is 14.8. The Morgan fingerprint density at radius 2 is 1.94 bits per heavy atom. The summed E-state index contributed by atoms with van der Waals surface area (Å²) in [5.41, 5.74) is 1.92. The summed E-state index contributed by atoms with van der Waals surface area (Å²) >= 11 is 0. The molecule has 0 atom stereocenters. The van der Waals surface area contributed by atoms with E-state index in [4.69, 9.17) is 0 Å².